The van der Waals surface area contributed by atoms with E-state index < -0.39 is 0 Å². The first-order valence-corrected chi connectivity index (χ1v) is 12.8. The second-order valence-electron chi connectivity index (χ2n) is 8.93. The van der Waals surface area contributed by atoms with Crippen LogP contribution in [0, 0.1) is 13.8 Å². The van der Waals surface area contributed by atoms with E-state index >= 15 is 0 Å². The van der Waals surface area contributed by atoms with Crippen molar-refractivity contribution in [2.75, 3.05) is 36.4 Å². The fraction of sp³-hybridized carbons (Fsp3) is 0.207. The maximum atomic E-state index is 12.6. The minimum absolute atomic E-state index is 0.00510. The quantitative estimate of drug-likeness (QED) is 0.338. The van der Waals surface area contributed by atoms with Crippen molar-refractivity contribution >= 4 is 58.2 Å². The topological polar surface area (TPSA) is 64.7 Å². The lowest BCUT2D eigenvalue weighted by atomic mass is 10.1. The highest BCUT2D eigenvalue weighted by molar-refractivity contribution is 7.80. The van der Waals surface area contributed by atoms with Gasteiger partial charge in [0, 0.05) is 43.5 Å². The number of hydrogen-bond donors (Lipinski definition) is 2. The number of piperazine rings is 1. The highest BCUT2D eigenvalue weighted by Gasteiger charge is 2.21. The Balaban J connectivity index is 1.30. The molecule has 2 amide bonds. The van der Waals surface area contributed by atoms with Crippen molar-refractivity contribution in [3.05, 3.63) is 100 Å². The van der Waals surface area contributed by atoms with Gasteiger partial charge >= 0.3 is 0 Å². The predicted molar refractivity (Wildman–Crippen MR) is 155 cm³/mol. The summed E-state index contributed by atoms with van der Waals surface area (Å²) in [4.78, 5) is 29.1. The Morgan fingerprint density at radius 3 is 2.32 bits per heavy atom. The molecule has 37 heavy (non-hydrogen) atoms. The number of thiocarbonyl (C=S) groups is 1. The van der Waals surface area contributed by atoms with Gasteiger partial charge in [-0.15, -0.1) is 0 Å². The molecule has 1 saturated heterocycles. The highest BCUT2D eigenvalue weighted by atomic mass is 35.5. The van der Waals surface area contributed by atoms with Crippen molar-refractivity contribution in [1.29, 1.82) is 0 Å². The first kappa shape index (κ1) is 26.4. The zero-order valence-electron chi connectivity index (χ0n) is 20.8. The van der Waals surface area contributed by atoms with E-state index in [-0.39, 0.29) is 16.9 Å². The van der Waals surface area contributed by atoms with E-state index in [1.165, 1.54) is 0 Å². The molecule has 8 heteroatoms. The Morgan fingerprint density at radius 2 is 1.65 bits per heavy atom. The number of carbonyl (C=O) groups excluding carboxylic acids is 2. The van der Waals surface area contributed by atoms with Crippen LogP contribution in [0.2, 0.25) is 5.02 Å². The molecule has 6 nitrogen and oxygen atoms in total. The second kappa shape index (κ2) is 12.0. The average molecular weight is 533 g/mol. The molecule has 0 saturated carbocycles. The van der Waals surface area contributed by atoms with Crippen LogP contribution in [0.15, 0.2) is 72.8 Å². The number of rotatable bonds is 5. The molecule has 190 valence electrons. The van der Waals surface area contributed by atoms with E-state index in [1.807, 2.05) is 79.4 Å². The van der Waals surface area contributed by atoms with Crippen LogP contribution in [0.3, 0.4) is 0 Å². The summed E-state index contributed by atoms with van der Waals surface area (Å²) >= 11 is 11.9. The first-order valence-electron chi connectivity index (χ1n) is 12.1. The molecular formula is C29H29ClN4O2S. The van der Waals surface area contributed by atoms with Gasteiger partial charge in [-0.3, -0.25) is 14.9 Å². The van der Waals surface area contributed by atoms with Crippen LogP contribution in [0.1, 0.15) is 27.0 Å². The van der Waals surface area contributed by atoms with Gasteiger partial charge in [0.1, 0.15) is 0 Å². The summed E-state index contributed by atoms with van der Waals surface area (Å²) in [7, 11) is 0. The minimum Gasteiger partial charge on any atom is -0.367 e. The Morgan fingerprint density at radius 1 is 0.919 bits per heavy atom. The molecule has 0 aliphatic carbocycles. The van der Waals surface area contributed by atoms with Crippen molar-refractivity contribution < 1.29 is 9.59 Å². The lowest BCUT2D eigenvalue weighted by Crippen LogP contribution is -2.48. The number of hydrogen-bond acceptors (Lipinski definition) is 4. The summed E-state index contributed by atoms with van der Waals surface area (Å²) in [5.74, 6) is -0.264. The number of aryl methyl sites for hydroxylation is 2. The molecule has 3 aromatic carbocycles. The van der Waals surface area contributed by atoms with Crippen LogP contribution >= 0.6 is 23.8 Å². The smallest absolute Gasteiger partial charge is 0.257 e. The average Bonchev–Trinajstić information content (AvgIpc) is 2.89. The highest BCUT2D eigenvalue weighted by Crippen LogP contribution is 2.29. The molecule has 1 aliphatic rings. The Bertz CT molecular complexity index is 1330. The number of nitrogens with one attached hydrogen (secondary N) is 2. The van der Waals surface area contributed by atoms with Gasteiger partial charge in [0.2, 0.25) is 5.91 Å². The van der Waals surface area contributed by atoms with Crippen LogP contribution in [-0.4, -0.2) is 48.0 Å². The van der Waals surface area contributed by atoms with E-state index in [1.54, 1.807) is 18.2 Å². The maximum absolute atomic E-state index is 12.6. The van der Waals surface area contributed by atoms with E-state index in [4.69, 9.17) is 23.8 Å². The van der Waals surface area contributed by atoms with E-state index in [9.17, 15) is 9.59 Å². The van der Waals surface area contributed by atoms with E-state index in [2.05, 4.69) is 15.5 Å². The SMILES string of the molecule is Cc1ccc(C(=O)NC(=S)Nc2ccc(N3CCN(C(=O)/C=C/c4ccccc4)CC3)c(Cl)c2)cc1C. The number of benzene rings is 3. The number of anilines is 2. The molecule has 0 atom stereocenters. The Labute approximate surface area is 227 Å². The zero-order valence-corrected chi connectivity index (χ0v) is 22.4. The summed E-state index contributed by atoms with van der Waals surface area (Å²) < 4.78 is 0. The molecule has 0 bridgehead atoms. The number of amides is 2. The van der Waals surface area contributed by atoms with Crippen molar-refractivity contribution in [3.63, 3.8) is 0 Å². The monoisotopic (exact) mass is 532 g/mol. The lowest BCUT2D eigenvalue weighted by Gasteiger charge is -2.36. The number of carbonyl (C=O) groups is 2. The van der Waals surface area contributed by atoms with Gasteiger partial charge in [-0.1, -0.05) is 48.0 Å². The van der Waals surface area contributed by atoms with Crippen molar-refractivity contribution in [3.8, 4) is 0 Å². The molecule has 0 spiro atoms. The van der Waals surface area contributed by atoms with Crippen LogP contribution < -0.4 is 15.5 Å². The zero-order chi connectivity index (χ0) is 26.4. The Kier molecular flexibility index (Phi) is 8.58. The standard InChI is InChI=1S/C29H29ClN4O2S/c1-20-8-10-23(18-21(20)2)28(36)32-29(37)31-24-11-12-26(25(30)19-24)33-14-16-34(17-15-33)27(35)13-9-22-6-4-3-5-7-22/h3-13,18-19H,14-17H2,1-2H3,(H2,31,32,36,37)/b13-9+. The summed E-state index contributed by atoms with van der Waals surface area (Å²) in [6.45, 7) is 6.56. The molecular weight excluding hydrogens is 504 g/mol. The molecule has 1 heterocycles. The summed E-state index contributed by atoms with van der Waals surface area (Å²) in [6, 6.07) is 20.9. The maximum Gasteiger partial charge on any atom is 0.257 e. The molecule has 0 radical (unpaired) electrons. The van der Waals surface area contributed by atoms with Gasteiger partial charge in [-0.05, 0) is 79.2 Å². The molecule has 1 aliphatic heterocycles. The predicted octanol–water partition coefficient (Wildman–Crippen LogP) is 5.45. The fourth-order valence-electron chi connectivity index (χ4n) is 4.07. The largest absolute Gasteiger partial charge is 0.367 e. The molecule has 3 aromatic rings. The van der Waals surface area contributed by atoms with Crippen molar-refractivity contribution in [1.82, 2.24) is 10.2 Å². The van der Waals surface area contributed by atoms with Crippen molar-refractivity contribution in [2.45, 2.75) is 13.8 Å². The summed E-state index contributed by atoms with van der Waals surface area (Å²) in [6.07, 6.45) is 3.46. The molecule has 2 N–H and O–H groups in total. The molecule has 1 fully saturated rings. The molecule has 0 unspecified atom stereocenters. The van der Waals surface area contributed by atoms with Crippen LogP contribution in [0.25, 0.3) is 6.08 Å². The fourth-order valence-corrected chi connectivity index (χ4v) is 4.58. The van der Waals surface area contributed by atoms with Gasteiger partial charge in [0.05, 0.1) is 10.7 Å². The van der Waals surface area contributed by atoms with Crippen LogP contribution in [0.5, 0.6) is 0 Å². The summed E-state index contributed by atoms with van der Waals surface area (Å²) in [5, 5.41) is 6.50. The van der Waals surface area contributed by atoms with Gasteiger partial charge in [-0.2, -0.15) is 0 Å². The number of halogens is 1. The van der Waals surface area contributed by atoms with Gasteiger partial charge in [-0.25, -0.2) is 0 Å². The molecule has 4 rings (SSSR count). The second-order valence-corrected chi connectivity index (χ2v) is 9.75. The van der Waals surface area contributed by atoms with Crippen LogP contribution in [-0.2, 0) is 4.79 Å². The first-order chi connectivity index (χ1) is 17.8. The van der Waals surface area contributed by atoms with Gasteiger partial charge in [0.15, 0.2) is 5.11 Å². The molecule has 0 aromatic heterocycles. The normalized spacial score (nSPS) is 13.5. The summed E-state index contributed by atoms with van der Waals surface area (Å²) in [5.41, 5.74) is 5.29. The third kappa shape index (κ3) is 6.96. The van der Waals surface area contributed by atoms with Crippen molar-refractivity contribution in [2.24, 2.45) is 0 Å². The minimum atomic E-state index is -0.269. The number of nitrogens with zero attached hydrogens (tertiary/aromatic N) is 2. The van der Waals surface area contributed by atoms with Gasteiger partial charge in [0.25, 0.3) is 5.91 Å². The third-order valence-corrected chi connectivity index (χ3v) is 6.86. The Hall–Kier alpha value is -3.68. The van der Waals surface area contributed by atoms with E-state index in [0.29, 0.717) is 42.5 Å². The van der Waals surface area contributed by atoms with Gasteiger partial charge < -0.3 is 15.1 Å². The van der Waals surface area contributed by atoms with E-state index in [0.717, 1.165) is 22.4 Å². The lowest BCUT2D eigenvalue weighted by molar-refractivity contribution is -0.126. The van der Waals surface area contributed by atoms with Crippen LogP contribution in [0.4, 0.5) is 11.4 Å². The third-order valence-electron chi connectivity index (χ3n) is 6.35.